The maximum atomic E-state index is 14.2. The van der Waals surface area contributed by atoms with Gasteiger partial charge in [0.25, 0.3) is 5.91 Å². The molecule has 1 amide bonds. The molecule has 0 saturated carbocycles. The fourth-order valence-corrected chi connectivity index (χ4v) is 3.43. The quantitative estimate of drug-likeness (QED) is 0.516. The summed E-state index contributed by atoms with van der Waals surface area (Å²) in [6.07, 6.45) is 1.89. The molecular formula is C21H19F2N3O5S. The van der Waals surface area contributed by atoms with Crippen LogP contribution in [0.1, 0.15) is 46.3 Å². The minimum Gasteiger partial charge on any atom is -0.444 e. The number of Topliss-reactive ketones (excluding diaryl/α,β-unsaturated/α-hetero) is 1. The monoisotopic (exact) mass is 463 g/mol. The topological polar surface area (TPSA) is 118 Å². The molecule has 3 rings (SSSR count). The highest BCUT2D eigenvalue weighted by Gasteiger charge is 2.20. The van der Waals surface area contributed by atoms with Crippen molar-refractivity contribution < 1.29 is 31.2 Å². The number of anilines is 1. The van der Waals surface area contributed by atoms with E-state index < -0.39 is 39.3 Å². The van der Waals surface area contributed by atoms with Crippen molar-refractivity contribution >= 4 is 27.4 Å². The van der Waals surface area contributed by atoms with Crippen LogP contribution in [0.4, 0.5) is 14.5 Å². The van der Waals surface area contributed by atoms with Crippen LogP contribution in [-0.2, 0) is 10.0 Å². The number of oxazole rings is 1. The summed E-state index contributed by atoms with van der Waals surface area (Å²) in [5, 5.41) is 2.54. The normalized spacial score (nSPS) is 12.3. The zero-order chi connectivity index (χ0) is 23.6. The Hall–Kier alpha value is -3.60. The maximum Gasteiger partial charge on any atom is 0.273 e. The van der Waals surface area contributed by atoms with Gasteiger partial charge in [-0.05, 0) is 43.7 Å². The molecular weight excluding hydrogens is 444 g/mol. The fourth-order valence-electron chi connectivity index (χ4n) is 2.86. The molecule has 2 aromatic carbocycles. The molecule has 11 heteroatoms. The van der Waals surface area contributed by atoms with E-state index in [0.717, 1.165) is 24.7 Å². The smallest absolute Gasteiger partial charge is 0.273 e. The highest BCUT2D eigenvalue weighted by Crippen LogP contribution is 2.25. The molecule has 0 aliphatic heterocycles. The number of aromatic nitrogens is 1. The lowest BCUT2D eigenvalue weighted by atomic mass is 10.1. The third kappa shape index (κ3) is 5.35. The van der Waals surface area contributed by atoms with E-state index in [1.807, 2.05) is 0 Å². The fraction of sp³-hybridized carbons (Fsp3) is 0.190. The van der Waals surface area contributed by atoms with E-state index in [1.165, 1.54) is 13.8 Å². The zero-order valence-electron chi connectivity index (χ0n) is 17.3. The van der Waals surface area contributed by atoms with Crippen molar-refractivity contribution in [1.82, 2.24) is 10.3 Å². The largest absolute Gasteiger partial charge is 0.444 e. The minimum atomic E-state index is -3.88. The summed E-state index contributed by atoms with van der Waals surface area (Å²) in [6, 6.07) is 7.55. The molecule has 0 bridgehead atoms. The average Bonchev–Trinajstić information content (AvgIpc) is 3.20. The van der Waals surface area contributed by atoms with Gasteiger partial charge in [-0.25, -0.2) is 22.2 Å². The third-order valence-corrected chi connectivity index (χ3v) is 5.03. The molecule has 1 heterocycles. The van der Waals surface area contributed by atoms with Gasteiger partial charge in [0.15, 0.2) is 23.1 Å². The van der Waals surface area contributed by atoms with Crippen LogP contribution < -0.4 is 10.0 Å². The van der Waals surface area contributed by atoms with Crippen molar-refractivity contribution in [3.05, 3.63) is 71.1 Å². The summed E-state index contributed by atoms with van der Waals surface area (Å²) in [4.78, 5) is 28.1. The Labute approximate surface area is 182 Å². The number of benzene rings is 2. The van der Waals surface area contributed by atoms with E-state index in [0.29, 0.717) is 11.1 Å². The molecule has 2 N–H and O–H groups in total. The molecule has 0 saturated heterocycles. The number of nitrogens with zero attached hydrogens (tertiary/aromatic N) is 1. The summed E-state index contributed by atoms with van der Waals surface area (Å²) >= 11 is 0. The molecule has 1 unspecified atom stereocenters. The number of rotatable bonds is 7. The number of carbonyl (C=O) groups excluding carboxylic acids is 2. The van der Waals surface area contributed by atoms with Crippen LogP contribution in [0, 0.1) is 11.6 Å². The number of amides is 1. The van der Waals surface area contributed by atoms with Gasteiger partial charge < -0.3 is 9.73 Å². The molecule has 3 aromatic rings. The predicted molar refractivity (Wildman–Crippen MR) is 113 cm³/mol. The first-order valence-corrected chi connectivity index (χ1v) is 11.2. The second-order valence-corrected chi connectivity index (χ2v) is 8.85. The average molecular weight is 463 g/mol. The maximum absolute atomic E-state index is 14.2. The van der Waals surface area contributed by atoms with Crippen molar-refractivity contribution in [2.24, 2.45) is 0 Å². The number of sulfonamides is 1. The number of hydrogen-bond acceptors (Lipinski definition) is 6. The van der Waals surface area contributed by atoms with Crippen LogP contribution in [0.5, 0.6) is 0 Å². The number of carbonyl (C=O) groups is 2. The standard InChI is InChI=1S/C21H19F2N3O5S/c1-11(15-8-16(22)19(17(23)9-15)26-32(3,29)30)24-20(28)18-10-31-21(25-18)14-6-4-5-13(7-14)12(2)27/h4-11,26H,1-3H3,(H,24,28). The Morgan fingerprint density at radius 1 is 1.12 bits per heavy atom. The van der Waals surface area contributed by atoms with E-state index in [2.05, 4.69) is 10.3 Å². The Balaban J connectivity index is 1.77. The van der Waals surface area contributed by atoms with Crippen molar-refractivity contribution in [3.63, 3.8) is 0 Å². The zero-order valence-corrected chi connectivity index (χ0v) is 18.1. The van der Waals surface area contributed by atoms with Crippen LogP contribution >= 0.6 is 0 Å². The van der Waals surface area contributed by atoms with E-state index >= 15 is 0 Å². The van der Waals surface area contributed by atoms with Crippen LogP contribution in [-0.4, -0.2) is 31.3 Å². The molecule has 1 aromatic heterocycles. The molecule has 32 heavy (non-hydrogen) atoms. The molecule has 1 atom stereocenters. The summed E-state index contributed by atoms with van der Waals surface area (Å²) in [5.41, 5.74) is 0.159. The van der Waals surface area contributed by atoms with Crippen LogP contribution in [0.15, 0.2) is 47.1 Å². The van der Waals surface area contributed by atoms with Crippen LogP contribution in [0.25, 0.3) is 11.5 Å². The van der Waals surface area contributed by atoms with E-state index in [4.69, 9.17) is 4.42 Å². The lowest BCUT2D eigenvalue weighted by Crippen LogP contribution is -2.27. The number of nitrogens with one attached hydrogen (secondary N) is 2. The van der Waals surface area contributed by atoms with Gasteiger partial charge in [0.05, 0.1) is 12.3 Å². The van der Waals surface area contributed by atoms with Crippen molar-refractivity contribution in [1.29, 1.82) is 0 Å². The van der Waals surface area contributed by atoms with Gasteiger partial charge in [-0.3, -0.25) is 14.3 Å². The first-order chi connectivity index (χ1) is 14.9. The molecule has 0 spiro atoms. The number of halogens is 2. The van der Waals surface area contributed by atoms with Gasteiger partial charge in [0, 0.05) is 11.1 Å². The Morgan fingerprint density at radius 2 is 1.78 bits per heavy atom. The Bertz CT molecular complexity index is 1280. The lowest BCUT2D eigenvalue weighted by molar-refractivity contribution is 0.0933. The van der Waals surface area contributed by atoms with Crippen LogP contribution in [0.2, 0.25) is 0 Å². The second kappa shape index (κ2) is 8.87. The molecule has 0 fully saturated rings. The number of hydrogen-bond donors (Lipinski definition) is 2. The van der Waals surface area contributed by atoms with E-state index in [9.17, 15) is 26.8 Å². The second-order valence-electron chi connectivity index (χ2n) is 7.10. The highest BCUT2D eigenvalue weighted by molar-refractivity contribution is 7.92. The molecule has 0 aliphatic carbocycles. The highest BCUT2D eigenvalue weighted by atomic mass is 32.2. The van der Waals surface area contributed by atoms with E-state index in [1.54, 1.807) is 29.0 Å². The van der Waals surface area contributed by atoms with E-state index in [-0.39, 0.29) is 22.9 Å². The Kier molecular flexibility index (Phi) is 6.40. The SMILES string of the molecule is CC(=O)c1cccc(-c2nc(C(=O)NC(C)c3cc(F)c(NS(C)(=O)=O)c(F)c3)co2)c1. The molecule has 168 valence electrons. The summed E-state index contributed by atoms with van der Waals surface area (Å²) < 4.78 is 58.0. The first-order valence-electron chi connectivity index (χ1n) is 9.29. The van der Waals surface area contributed by atoms with Gasteiger partial charge in [-0.15, -0.1) is 0 Å². The molecule has 8 nitrogen and oxygen atoms in total. The predicted octanol–water partition coefficient (Wildman–Crippen LogP) is 3.68. The molecule has 0 radical (unpaired) electrons. The third-order valence-electron chi connectivity index (χ3n) is 4.45. The Morgan fingerprint density at radius 3 is 2.38 bits per heavy atom. The lowest BCUT2D eigenvalue weighted by Gasteiger charge is -2.15. The van der Waals surface area contributed by atoms with Gasteiger partial charge >= 0.3 is 0 Å². The summed E-state index contributed by atoms with van der Waals surface area (Å²) in [7, 11) is -3.88. The van der Waals surface area contributed by atoms with Crippen LogP contribution in [0.3, 0.4) is 0 Å². The van der Waals surface area contributed by atoms with Gasteiger partial charge in [0.1, 0.15) is 12.0 Å². The first kappa shape index (κ1) is 23.1. The summed E-state index contributed by atoms with van der Waals surface area (Å²) in [5.74, 6) is -2.92. The summed E-state index contributed by atoms with van der Waals surface area (Å²) in [6.45, 7) is 2.91. The number of ketones is 1. The van der Waals surface area contributed by atoms with Gasteiger partial charge in [0.2, 0.25) is 15.9 Å². The minimum absolute atomic E-state index is 0.0728. The van der Waals surface area contributed by atoms with Crippen molar-refractivity contribution in [2.45, 2.75) is 19.9 Å². The van der Waals surface area contributed by atoms with Crippen molar-refractivity contribution in [3.8, 4) is 11.5 Å². The van der Waals surface area contributed by atoms with Crippen molar-refractivity contribution in [2.75, 3.05) is 11.0 Å². The van der Waals surface area contributed by atoms with Gasteiger partial charge in [-0.2, -0.15) is 0 Å². The van der Waals surface area contributed by atoms with Gasteiger partial charge in [-0.1, -0.05) is 12.1 Å². The molecule has 0 aliphatic rings.